The molecule has 0 spiro atoms. The summed E-state index contributed by atoms with van der Waals surface area (Å²) in [5.41, 5.74) is 8.71. The summed E-state index contributed by atoms with van der Waals surface area (Å²) in [5, 5.41) is 3.01. The van der Waals surface area contributed by atoms with Crippen LogP contribution in [-0.4, -0.2) is 32.7 Å². The Morgan fingerprint density at radius 1 is 1.38 bits per heavy atom. The first-order valence-corrected chi connectivity index (χ1v) is 8.37. The number of nitrogens with two attached hydrogens (primary N) is 1. The van der Waals surface area contributed by atoms with Crippen molar-refractivity contribution < 1.29 is 9.59 Å². The molecule has 3 rings (SSSR count). The second-order valence-corrected chi connectivity index (χ2v) is 6.51. The van der Waals surface area contributed by atoms with Gasteiger partial charge in [0.05, 0.1) is 0 Å². The Labute approximate surface area is 140 Å². The Kier molecular flexibility index (Phi) is 4.51. The molecule has 1 fully saturated rings. The quantitative estimate of drug-likeness (QED) is 0.833. The number of aromatic nitrogens is 3. The molecule has 0 bridgehead atoms. The highest BCUT2D eigenvalue weighted by molar-refractivity contribution is 5.96. The van der Waals surface area contributed by atoms with Gasteiger partial charge in [0.1, 0.15) is 6.33 Å². The minimum absolute atomic E-state index is 0.0734. The van der Waals surface area contributed by atoms with Crippen LogP contribution < -0.4 is 11.1 Å². The monoisotopic (exact) mass is 329 g/mol. The highest BCUT2D eigenvalue weighted by Crippen LogP contribution is 2.25. The number of imidazole rings is 1. The summed E-state index contributed by atoms with van der Waals surface area (Å²) >= 11 is 0. The van der Waals surface area contributed by atoms with Crippen molar-refractivity contribution >= 4 is 17.5 Å². The van der Waals surface area contributed by atoms with E-state index in [1.54, 1.807) is 10.7 Å². The molecular formula is C17H23N5O2. The van der Waals surface area contributed by atoms with E-state index in [2.05, 4.69) is 15.3 Å². The lowest BCUT2D eigenvalue weighted by Gasteiger charge is -2.25. The Balaban J connectivity index is 1.72. The van der Waals surface area contributed by atoms with Gasteiger partial charge in [-0.05, 0) is 44.6 Å². The van der Waals surface area contributed by atoms with Crippen LogP contribution in [0, 0.1) is 19.8 Å². The molecule has 3 N–H and O–H groups in total. The fourth-order valence-electron chi connectivity index (χ4n) is 3.15. The maximum absolute atomic E-state index is 12.0. The van der Waals surface area contributed by atoms with Gasteiger partial charge in [0, 0.05) is 24.4 Å². The molecule has 2 aromatic rings. The average molecular weight is 329 g/mol. The molecule has 1 saturated carbocycles. The van der Waals surface area contributed by atoms with E-state index >= 15 is 0 Å². The van der Waals surface area contributed by atoms with E-state index in [-0.39, 0.29) is 11.6 Å². The predicted octanol–water partition coefficient (Wildman–Crippen LogP) is 1.29. The Morgan fingerprint density at radius 3 is 2.75 bits per heavy atom. The number of carbonyl (C=O) groups is 2. The van der Waals surface area contributed by atoms with Crippen molar-refractivity contribution in [3.8, 4) is 0 Å². The van der Waals surface area contributed by atoms with Gasteiger partial charge >= 0.3 is 0 Å². The molecule has 2 heterocycles. The lowest BCUT2D eigenvalue weighted by Crippen LogP contribution is -2.32. The summed E-state index contributed by atoms with van der Waals surface area (Å²) in [5.74, 6) is 0.143. The van der Waals surface area contributed by atoms with Gasteiger partial charge in [0.25, 0.3) is 5.91 Å². The van der Waals surface area contributed by atoms with Crippen LogP contribution in [0.25, 0.3) is 5.65 Å². The fourth-order valence-corrected chi connectivity index (χ4v) is 3.15. The number of nitrogens with zero attached hydrogens (tertiary/aromatic N) is 3. The first-order valence-electron chi connectivity index (χ1n) is 8.37. The average Bonchev–Trinajstić information content (AvgIpc) is 2.89. The zero-order chi connectivity index (χ0) is 17.3. The molecule has 0 unspecified atom stereocenters. The summed E-state index contributed by atoms with van der Waals surface area (Å²) < 4.78 is 1.76. The highest BCUT2D eigenvalue weighted by atomic mass is 16.2. The standard InChI is InChI=1S/C17H23N5O2/c1-10-13(6-7-14(23)19-8-12-4-3-5-12)11(2)22-9-20-15(16(18)24)17(22)21-10/h9,12H,3-8H2,1-2H3,(H2,18,24)(H,19,23). The molecule has 0 aliphatic heterocycles. The second-order valence-electron chi connectivity index (χ2n) is 6.51. The molecule has 1 aliphatic rings. The number of aryl methyl sites for hydroxylation is 2. The second kappa shape index (κ2) is 6.59. The summed E-state index contributed by atoms with van der Waals surface area (Å²) in [7, 11) is 0. The van der Waals surface area contributed by atoms with Gasteiger partial charge in [0.2, 0.25) is 5.91 Å². The third-order valence-electron chi connectivity index (χ3n) is 4.90. The molecule has 2 amide bonds. The van der Waals surface area contributed by atoms with Crippen molar-refractivity contribution in [3.05, 3.63) is 29.0 Å². The van der Waals surface area contributed by atoms with E-state index in [1.807, 2.05) is 13.8 Å². The van der Waals surface area contributed by atoms with Crippen molar-refractivity contribution in [3.63, 3.8) is 0 Å². The molecule has 0 atom stereocenters. The van der Waals surface area contributed by atoms with Crippen LogP contribution in [0.4, 0.5) is 0 Å². The number of hydrogen-bond donors (Lipinski definition) is 2. The number of rotatable bonds is 6. The first-order chi connectivity index (χ1) is 11.5. The largest absolute Gasteiger partial charge is 0.364 e. The van der Waals surface area contributed by atoms with E-state index in [9.17, 15) is 9.59 Å². The van der Waals surface area contributed by atoms with Gasteiger partial charge in [-0.1, -0.05) is 6.42 Å². The van der Waals surface area contributed by atoms with E-state index in [4.69, 9.17) is 5.73 Å². The van der Waals surface area contributed by atoms with Crippen LogP contribution in [0.3, 0.4) is 0 Å². The molecule has 2 aromatic heterocycles. The van der Waals surface area contributed by atoms with Crippen LogP contribution in [0.15, 0.2) is 6.33 Å². The van der Waals surface area contributed by atoms with Gasteiger partial charge in [-0.2, -0.15) is 0 Å². The van der Waals surface area contributed by atoms with Gasteiger partial charge in [-0.3, -0.25) is 14.0 Å². The number of nitrogens with one attached hydrogen (secondary N) is 1. The number of fused-ring (bicyclic) bond motifs is 1. The van der Waals surface area contributed by atoms with E-state index in [0.717, 1.165) is 23.5 Å². The van der Waals surface area contributed by atoms with Gasteiger partial charge in [-0.15, -0.1) is 0 Å². The Hall–Kier alpha value is -2.44. The number of amides is 2. The Morgan fingerprint density at radius 2 is 2.12 bits per heavy atom. The SMILES string of the molecule is Cc1nc2c(C(N)=O)ncn2c(C)c1CCC(=O)NCC1CCC1. The summed E-state index contributed by atoms with van der Waals surface area (Å²) in [4.78, 5) is 31.9. The summed E-state index contributed by atoms with van der Waals surface area (Å²) in [6.45, 7) is 4.61. The van der Waals surface area contributed by atoms with Crippen LogP contribution in [0.5, 0.6) is 0 Å². The summed E-state index contributed by atoms with van der Waals surface area (Å²) in [6, 6.07) is 0. The molecule has 7 heteroatoms. The molecule has 0 saturated heterocycles. The topological polar surface area (TPSA) is 102 Å². The van der Waals surface area contributed by atoms with Crippen LogP contribution >= 0.6 is 0 Å². The lowest BCUT2D eigenvalue weighted by atomic mass is 9.85. The van der Waals surface area contributed by atoms with Crippen molar-refractivity contribution in [2.75, 3.05) is 6.54 Å². The summed E-state index contributed by atoms with van der Waals surface area (Å²) in [6.07, 6.45) is 6.32. The number of carbonyl (C=O) groups excluding carboxylic acids is 2. The molecule has 0 radical (unpaired) electrons. The zero-order valence-corrected chi connectivity index (χ0v) is 14.1. The smallest absolute Gasteiger partial charge is 0.271 e. The Bertz CT molecular complexity index is 792. The van der Waals surface area contributed by atoms with Crippen molar-refractivity contribution in [2.45, 2.75) is 46.0 Å². The maximum atomic E-state index is 12.0. The molecule has 1 aliphatic carbocycles. The molecular weight excluding hydrogens is 306 g/mol. The third-order valence-corrected chi connectivity index (χ3v) is 4.90. The zero-order valence-electron chi connectivity index (χ0n) is 14.1. The third kappa shape index (κ3) is 3.11. The number of primary amides is 1. The van der Waals surface area contributed by atoms with E-state index < -0.39 is 5.91 Å². The highest BCUT2D eigenvalue weighted by Gasteiger charge is 2.19. The lowest BCUT2D eigenvalue weighted by molar-refractivity contribution is -0.121. The van der Waals surface area contributed by atoms with Gasteiger partial charge < -0.3 is 11.1 Å². The predicted molar refractivity (Wildman–Crippen MR) is 89.7 cm³/mol. The minimum atomic E-state index is -0.591. The molecule has 7 nitrogen and oxygen atoms in total. The van der Waals surface area contributed by atoms with Crippen molar-refractivity contribution in [1.29, 1.82) is 0 Å². The molecule has 0 aromatic carbocycles. The maximum Gasteiger partial charge on any atom is 0.271 e. The van der Waals surface area contributed by atoms with Crippen LogP contribution in [0.2, 0.25) is 0 Å². The van der Waals surface area contributed by atoms with Gasteiger partial charge in [0.15, 0.2) is 11.3 Å². The van der Waals surface area contributed by atoms with Gasteiger partial charge in [-0.25, -0.2) is 9.97 Å². The normalized spacial score (nSPS) is 14.6. The number of hydrogen-bond acceptors (Lipinski definition) is 4. The van der Waals surface area contributed by atoms with E-state index in [0.29, 0.717) is 24.4 Å². The van der Waals surface area contributed by atoms with E-state index in [1.165, 1.54) is 19.3 Å². The van der Waals surface area contributed by atoms with Crippen molar-refractivity contribution in [2.24, 2.45) is 11.7 Å². The van der Waals surface area contributed by atoms with Crippen LogP contribution in [-0.2, 0) is 11.2 Å². The fraction of sp³-hybridized carbons (Fsp3) is 0.529. The van der Waals surface area contributed by atoms with Crippen LogP contribution in [0.1, 0.15) is 53.1 Å². The minimum Gasteiger partial charge on any atom is -0.364 e. The first kappa shape index (κ1) is 16.4. The van der Waals surface area contributed by atoms with Crippen molar-refractivity contribution in [1.82, 2.24) is 19.7 Å². The molecule has 24 heavy (non-hydrogen) atoms. The molecule has 128 valence electrons.